The lowest BCUT2D eigenvalue weighted by molar-refractivity contribution is -0.142. The van der Waals surface area contributed by atoms with Crippen molar-refractivity contribution in [2.24, 2.45) is 11.8 Å². The Morgan fingerprint density at radius 2 is 2.06 bits per heavy atom. The topological polar surface area (TPSA) is 69.6 Å². The Labute approximate surface area is 189 Å². The van der Waals surface area contributed by atoms with E-state index >= 15 is 0 Å². The second-order valence-electron chi connectivity index (χ2n) is 9.48. The van der Waals surface area contributed by atoms with Gasteiger partial charge in [0.15, 0.2) is 0 Å². The van der Waals surface area contributed by atoms with Gasteiger partial charge in [-0.05, 0) is 55.4 Å². The fourth-order valence-corrected chi connectivity index (χ4v) is 5.65. The standard InChI is InChI=1S/C25H31N5O2/c1-28(12-10-21-5-2-3-11-26-21)25(32)19-8-9-23(27-14-19)29-15-18-13-20(17-29)22-6-4-7-24(31)30(22)16-18/h2-3,5,8-9,11,14,18,20,22H,4,6-7,10,12-13,15-17H2,1H3/t18?,20?,22-/m1/s1. The van der Waals surface area contributed by atoms with Gasteiger partial charge in [0, 0.05) is 70.2 Å². The van der Waals surface area contributed by atoms with E-state index < -0.39 is 0 Å². The minimum atomic E-state index is -0.0214. The molecule has 3 fully saturated rings. The second kappa shape index (κ2) is 8.88. The van der Waals surface area contributed by atoms with Crippen molar-refractivity contribution in [2.45, 2.75) is 38.1 Å². The molecule has 3 aliphatic rings. The summed E-state index contributed by atoms with van der Waals surface area (Å²) in [7, 11) is 1.82. The number of hydrogen-bond donors (Lipinski definition) is 0. The fourth-order valence-electron chi connectivity index (χ4n) is 5.65. The smallest absolute Gasteiger partial charge is 0.255 e. The average Bonchev–Trinajstić information content (AvgIpc) is 2.83. The zero-order chi connectivity index (χ0) is 22.1. The Morgan fingerprint density at radius 1 is 1.16 bits per heavy atom. The first-order chi connectivity index (χ1) is 15.6. The van der Waals surface area contributed by atoms with Gasteiger partial charge in [-0.2, -0.15) is 0 Å². The number of carbonyl (C=O) groups is 2. The molecule has 0 spiro atoms. The van der Waals surface area contributed by atoms with Crippen LogP contribution in [0.5, 0.6) is 0 Å². The van der Waals surface area contributed by atoms with Gasteiger partial charge >= 0.3 is 0 Å². The van der Waals surface area contributed by atoms with Gasteiger partial charge in [-0.1, -0.05) is 6.07 Å². The summed E-state index contributed by atoms with van der Waals surface area (Å²) in [5, 5.41) is 0. The number of amides is 2. The molecule has 5 rings (SSSR count). The van der Waals surface area contributed by atoms with Crippen molar-refractivity contribution in [3.63, 3.8) is 0 Å². The number of aromatic nitrogens is 2. The Kier molecular flexibility index (Phi) is 5.81. The highest BCUT2D eigenvalue weighted by atomic mass is 16.2. The van der Waals surface area contributed by atoms with Crippen molar-refractivity contribution >= 4 is 17.6 Å². The number of fused-ring (bicyclic) bond motifs is 4. The maximum atomic E-state index is 12.8. The molecule has 2 unspecified atom stereocenters. The highest BCUT2D eigenvalue weighted by molar-refractivity contribution is 5.93. The van der Waals surface area contributed by atoms with Crippen molar-refractivity contribution in [2.75, 3.05) is 38.1 Å². The number of likely N-dealkylation sites (N-methyl/N-ethyl adjacent to an activating group) is 1. The van der Waals surface area contributed by atoms with E-state index in [1.165, 1.54) is 6.42 Å². The van der Waals surface area contributed by atoms with Crippen LogP contribution in [0.3, 0.4) is 0 Å². The summed E-state index contributed by atoms with van der Waals surface area (Å²) >= 11 is 0. The van der Waals surface area contributed by atoms with E-state index in [1.54, 1.807) is 17.3 Å². The molecule has 7 nitrogen and oxygen atoms in total. The maximum Gasteiger partial charge on any atom is 0.255 e. The number of piperidine rings is 3. The number of carbonyl (C=O) groups excluding carboxylic acids is 2. The Hall–Kier alpha value is -2.96. The normalized spacial score (nSPS) is 24.8. The minimum absolute atomic E-state index is 0.0214. The van der Waals surface area contributed by atoms with Crippen molar-refractivity contribution in [3.8, 4) is 0 Å². The molecule has 7 heteroatoms. The zero-order valence-corrected chi connectivity index (χ0v) is 18.7. The molecular formula is C25H31N5O2. The molecule has 0 radical (unpaired) electrons. The van der Waals surface area contributed by atoms with E-state index in [-0.39, 0.29) is 5.91 Å². The first-order valence-electron chi connectivity index (χ1n) is 11.7. The first-order valence-corrected chi connectivity index (χ1v) is 11.7. The summed E-state index contributed by atoms with van der Waals surface area (Å²) in [4.78, 5) is 40.4. The number of rotatable bonds is 5. The molecule has 3 aliphatic heterocycles. The van der Waals surface area contributed by atoms with E-state index in [0.29, 0.717) is 42.3 Å². The molecule has 2 aromatic heterocycles. The van der Waals surface area contributed by atoms with Crippen LogP contribution >= 0.6 is 0 Å². The van der Waals surface area contributed by atoms with Crippen LogP contribution in [0.15, 0.2) is 42.7 Å². The van der Waals surface area contributed by atoms with Crippen molar-refractivity contribution in [3.05, 3.63) is 54.0 Å². The van der Waals surface area contributed by atoms with Gasteiger partial charge in [0.25, 0.3) is 5.91 Å². The molecule has 0 N–H and O–H groups in total. The lowest BCUT2D eigenvalue weighted by Gasteiger charge is -2.52. The highest BCUT2D eigenvalue weighted by Gasteiger charge is 2.44. The van der Waals surface area contributed by atoms with Gasteiger partial charge in [-0.15, -0.1) is 0 Å². The molecular weight excluding hydrogens is 402 g/mol. The minimum Gasteiger partial charge on any atom is -0.356 e. The predicted molar refractivity (Wildman–Crippen MR) is 122 cm³/mol. The van der Waals surface area contributed by atoms with Gasteiger partial charge in [0.05, 0.1) is 5.56 Å². The van der Waals surface area contributed by atoms with Gasteiger partial charge in [-0.3, -0.25) is 14.6 Å². The summed E-state index contributed by atoms with van der Waals surface area (Å²) < 4.78 is 0. The van der Waals surface area contributed by atoms with E-state index in [4.69, 9.17) is 0 Å². The van der Waals surface area contributed by atoms with E-state index in [2.05, 4.69) is 19.8 Å². The molecule has 0 saturated carbocycles. The number of nitrogens with zero attached hydrogens (tertiary/aromatic N) is 5. The van der Waals surface area contributed by atoms with Crippen molar-refractivity contribution < 1.29 is 9.59 Å². The van der Waals surface area contributed by atoms with Crippen LogP contribution < -0.4 is 4.90 Å². The van der Waals surface area contributed by atoms with Crippen LogP contribution in [0.25, 0.3) is 0 Å². The molecule has 0 aliphatic carbocycles. The summed E-state index contributed by atoms with van der Waals surface area (Å²) in [6.45, 7) is 3.37. The third-order valence-electron chi connectivity index (χ3n) is 7.27. The Bertz CT molecular complexity index is 964. The molecule has 5 heterocycles. The highest BCUT2D eigenvalue weighted by Crippen LogP contribution is 2.38. The molecule has 2 bridgehead atoms. The largest absolute Gasteiger partial charge is 0.356 e. The average molecular weight is 434 g/mol. The third kappa shape index (κ3) is 4.20. The van der Waals surface area contributed by atoms with Gasteiger partial charge < -0.3 is 14.7 Å². The summed E-state index contributed by atoms with van der Waals surface area (Å²) in [5.74, 6) is 2.29. The van der Waals surface area contributed by atoms with Crippen molar-refractivity contribution in [1.29, 1.82) is 0 Å². The Balaban J connectivity index is 1.21. The van der Waals surface area contributed by atoms with Gasteiger partial charge in [-0.25, -0.2) is 4.98 Å². The molecule has 32 heavy (non-hydrogen) atoms. The summed E-state index contributed by atoms with van der Waals surface area (Å²) in [5.41, 5.74) is 1.59. The second-order valence-corrected chi connectivity index (χ2v) is 9.48. The number of hydrogen-bond acceptors (Lipinski definition) is 5. The molecule has 2 amide bonds. The van der Waals surface area contributed by atoms with Crippen molar-refractivity contribution in [1.82, 2.24) is 19.8 Å². The number of anilines is 1. The zero-order valence-electron chi connectivity index (χ0n) is 18.7. The lowest BCUT2D eigenvalue weighted by atomic mass is 9.76. The quantitative estimate of drug-likeness (QED) is 0.725. The van der Waals surface area contributed by atoms with Gasteiger partial charge in [0.2, 0.25) is 5.91 Å². The van der Waals surface area contributed by atoms with E-state index in [0.717, 1.165) is 50.4 Å². The lowest BCUT2D eigenvalue weighted by Crippen LogP contribution is -2.60. The summed E-state index contributed by atoms with van der Waals surface area (Å²) in [6.07, 6.45) is 8.28. The molecule has 3 atom stereocenters. The molecule has 168 valence electrons. The number of pyridine rings is 2. The monoisotopic (exact) mass is 433 g/mol. The fraction of sp³-hybridized carbons (Fsp3) is 0.520. The SMILES string of the molecule is CN(CCc1ccccn1)C(=O)c1ccc(N2CC3CC(C2)[C@H]2CCCC(=O)N2C3)nc1. The van der Waals surface area contributed by atoms with Crippen LogP contribution in [0.2, 0.25) is 0 Å². The first kappa shape index (κ1) is 20.9. The van der Waals surface area contributed by atoms with E-state index in [9.17, 15) is 9.59 Å². The maximum absolute atomic E-state index is 12.8. The van der Waals surface area contributed by atoms with Crippen LogP contribution in [0.1, 0.15) is 41.7 Å². The van der Waals surface area contributed by atoms with Crippen LogP contribution in [0.4, 0.5) is 5.82 Å². The molecule has 2 aromatic rings. The van der Waals surface area contributed by atoms with Gasteiger partial charge in [0.1, 0.15) is 5.82 Å². The Morgan fingerprint density at radius 3 is 2.84 bits per heavy atom. The van der Waals surface area contributed by atoms with Crippen LogP contribution in [-0.2, 0) is 11.2 Å². The summed E-state index contributed by atoms with van der Waals surface area (Å²) in [6, 6.07) is 10.1. The third-order valence-corrected chi connectivity index (χ3v) is 7.27. The van der Waals surface area contributed by atoms with Crippen LogP contribution in [0, 0.1) is 11.8 Å². The predicted octanol–water partition coefficient (Wildman–Crippen LogP) is 2.63. The van der Waals surface area contributed by atoms with E-state index in [1.807, 2.05) is 37.4 Å². The van der Waals surface area contributed by atoms with Crippen LogP contribution in [-0.4, -0.2) is 70.9 Å². The molecule has 3 saturated heterocycles. The molecule has 0 aromatic carbocycles.